The summed E-state index contributed by atoms with van der Waals surface area (Å²) >= 11 is 0. The van der Waals surface area contributed by atoms with Crippen LogP contribution in [0.2, 0.25) is 0 Å². The highest BCUT2D eigenvalue weighted by Crippen LogP contribution is 2.26. The molecule has 0 aromatic heterocycles. The van der Waals surface area contributed by atoms with Gasteiger partial charge in [0.05, 0.1) is 4.92 Å². The van der Waals surface area contributed by atoms with E-state index in [-0.39, 0.29) is 17.2 Å². The molecule has 0 saturated carbocycles. The second-order valence-corrected chi connectivity index (χ2v) is 7.71. The summed E-state index contributed by atoms with van der Waals surface area (Å²) in [4.78, 5) is 27.8. The molecule has 7 nitrogen and oxygen atoms in total. The fourth-order valence-electron chi connectivity index (χ4n) is 4.17. The molecule has 2 aliphatic heterocycles. The Labute approximate surface area is 170 Å². The highest BCUT2D eigenvalue weighted by atomic mass is 16.6. The second-order valence-electron chi connectivity index (χ2n) is 7.71. The number of hydrogen-bond acceptors (Lipinski definition) is 5. The van der Waals surface area contributed by atoms with Crippen molar-refractivity contribution >= 4 is 17.3 Å². The van der Waals surface area contributed by atoms with Gasteiger partial charge in [0.25, 0.3) is 11.6 Å². The fraction of sp³-hybridized carbons (Fsp3) is 0.409. The number of carbonyl (C=O) groups is 1. The smallest absolute Gasteiger partial charge is 0.282 e. The lowest BCUT2D eigenvalue weighted by molar-refractivity contribution is -0.385. The summed E-state index contributed by atoms with van der Waals surface area (Å²) in [5.41, 5.74) is 3.61. The lowest BCUT2D eigenvalue weighted by Gasteiger charge is -2.28. The van der Waals surface area contributed by atoms with Crippen LogP contribution in [0, 0.1) is 10.1 Å². The molecule has 1 saturated heterocycles. The molecule has 0 spiro atoms. The Balaban J connectivity index is 1.39. The first-order valence-corrected chi connectivity index (χ1v) is 10.2. The highest BCUT2D eigenvalue weighted by molar-refractivity contribution is 5.99. The molecule has 0 aliphatic carbocycles. The minimum atomic E-state index is -0.474. The van der Waals surface area contributed by atoms with E-state index in [9.17, 15) is 14.9 Å². The normalized spacial score (nSPS) is 16.5. The van der Waals surface area contributed by atoms with E-state index in [1.54, 1.807) is 17.0 Å². The summed E-state index contributed by atoms with van der Waals surface area (Å²) in [5, 5.41) is 14.7. The predicted molar refractivity (Wildman–Crippen MR) is 112 cm³/mol. The zero-order valence-electron chi connectivity index (χ0n) is 16.5. The molecule has 0 atom stereocenters. The van der Waals surface area contributed by atoms with Crippen LogP contribution in [0.5, 0.6) is 0 Å². The van der Waals surface area contributed by atoms with Crippen molar-refractivity contribution in [3.63, 3.8) is 0 Å². The summed E-state index contributed by atoms with van der Waals surface area (Å²) in [6.45, 7) is 4.90. The lowest BCUT2D eigenvalue weighted by atomic mass is 10.00. The zero-order chi connectivity index (χ0) is 20.2. The Bertz CT molecular complexity index is 909. The van der Waals surface area contributed by atoms with Gasteiger partial charge in [0, 0.05) is 51.0 Å². The molecule has 4 rings (SSSR count). The van der Waals surface area contributed by atoms with Crippen molar-refractivity contribution in [1.29, 1.82) is 0 Å². The van der Waals surface area contributed by atoms with Crippen LogP contribution < -0.4 is 5.32 Å². The number of nitro benzene ring substituents is 1. The standard InChI is InChI=1S/C22H26N4O3/c27-22(25-11-3-4-12-25)20-15-19(7-8-21(20)26(28)29)23-10-14-24-13-9-17-5-1-2-6-18(17)16-24/h1-2,5-8,15,23H,3-4,9-14,16H2. The summed E-state index contributed by atoms with van der Waals surface area (Å²) < 4.78 is 0. The summed E-state index contributed by atoms with van der Waals surface area (Å²) in [6, 6.07) is 13.3. The Hall–Kier alpha value is -2.93. The summed E-state index contributed by atoms with van der Waals surface area (Å²) in [6.07, 6.45) is 2.97. The van der Waals surface area contributed by atoms with Gasteiger partial charge in [-0.15, -0.1) is 0 Å². The third kappa shape index (κ3) is 4.40. The second kappa shape index (κ2) is 8.61. The van der Waals surface area contributed by atoms with Crippen molar-refractivity contribution in [2.45, 2.75) is 25.8 Å². The number of carbonyl (C=O) groups excluding carboxylic acids is 1. The molecule has 1 fully saturated rings. The topological polar surface area (TPSA) is 78.7 Å². The quantitative estimate of drug-likeness (QED) is 0.601. The van der Waals surface area contributed by atoms with Crippen LogP contribution in [0.15, 0.2) is 42.5 Å². The minimum Gasteiger partial charge on any atom is -0.384 e. The average molecular weight is 394 g/mol. The van der Waals surface area contributed by atoms with Gasteiger partial charge in [0.15, 0.2) is 0 Å². The van der Waals surface area contributed by atoms with E-state index in [1.807, 2.05) is 0 Å². The molecule has 2 heterocycles. The van der Waals surface area contributed by atoms with Gasteiger partial charge in [-0.25, -0.2) is 0 Å². The largest absolute Gasteiger partial charge is 0.384 e. The number of nitro groups is 1. The average Bonchev–Trinajstić information content (AvgIpc) is 3.28. The molecule has 1 N–H and O–H groups in total. The maximum Gasteiger partial charge on any atom is 0.282 e. The number of fused-ring (bicyclic) bond motifs is 1. The highest BCUT2D eigenvalue weighted by Gasteiger charge is 2.27. The lowest BCUT2D eigenvalue weighted by Crippen LogP contribution is -2.34. The van der Waals surface area contributed by atoms with Crippen LogP contribution in [0.4, 0.5) is 11.4 Å². The Morgan fingerprint density at radius 1 is 1.07 bits per heavy atom. The van der Waals surface area contributed by atoms with Gasteiger partial charge in [0.1, 0.15) is 5.56 Å². The van der Waals surface area contributed by atoms with Gasteiger partial charge in [0.2, 0.25) is 0 Å². The number of anilines is 1. The number of amides is 1. The Kier molecular flexibility index (Phi) is 5.76. The van der Waals surface area contributed by atoms with E-state index in [0.29, 0.717) is 13.1 Å². The summed E-state index contributed by atoms with van der Waals surface area (Å²) in [7, 11) is 0. The van der Waals surface area contributed by atoms with E-state index in [4.69, 9.17) is 0 Å². The van der Waals surface area contributed by atoms with Crippen LogP contribution in [-0.2, 0) is 13.0 Å². The van der Waals surface area contributed by atoms with Crippen LogP contribution in [0.25, 0.3) is 0 Å². The molecule has 2 aliphatic rings. The molecule has 29 heavy (non-hydrogen) atoms. The Morgan fingerprint density at radius 2 is 1.83 bits per heavy atom. The first-order chi connectivity index (χ1) is 14.1. The monoisotopic (exact) mass is 394 g/mol. The molecule has 7 heteroatoms. The molecule has 0 bridgehead atoms. The van der Waals surface area contributed by atoms with Crippen LogP contribution in [0.1, 0.15) is 34.3 Å². The molecular weight excluding hydrogens is 368 g/mol. The zero-order valence-corrected chi connectivity index (χ0v) is 16.5. The van der Waals surface area contributed by atoms with E-state index in [1.165, 1.54) is 17.2 Å². The SMILES string of the molecule is O=C(c1cc(NCCN2CCc3ccccc3C2)ccc1[N+](=O)[O-])N1CCCC1. The van der Waals surface area contributed by atoms with Gasteiger partial charge >= 0.3 is 0 Å². The van der Waals surface area contributed by atoms with Gasteiger partial charge in [-0.1, -0.05) is 24.3 Å². The number of likely N-dealkylation sites (tertiary alicyclic amines) is 1. The Morgan fingerprint density at radius 3 is 2.59 bits per heavy atom. The third-order valence-corrected chi connectivity index (χ3v) is 5.78. The van der Waals surface area contributed by atoms with Crippen LogP contribution in [-0.4, -0.2) is 53.4 Å². The van der Waals surface area contributed by atoms with Crippen LogP contribution in [0.3, 0.4) is 0 Å². The molecule has 2 aromatic rings. The maximum absolute atomic E-state index is 12.7. The fourth-order valence-corrected chi connectivity index (χ4v) is 4.17. The van der Waals surface area contributed by atoms with Crippen molar-refractivity contribution in [3.8, 4) is 0 Å². The molecule has 152 valence electrons. The van der Waals surface area contributed by atoms with E-state index < -0.39 is 4.92 Å². The van der Waals surface area contributed by atoms with Crippen molar-refractivity contribution in [2.24, 2.45) is 0 Å². The van der Waals surface area contributed by atoms with Crippen molar-refractivity contribution in [1.82, 2.24) is 9.80 Å². The predicted octanol–water partition coefficient (Wildman–Crippen LogP) is 3.30. The molecule has 0 unspecified atom stereocenters. The molecular formula is C22H26N4O3. The summed E-state index contributed by atoms with van der Waals surface area (Å²) in [5.74, 6) is -0.245. The van der Waals surface area contributed by atoms with Crippen molar-refractivity contribution in [3.05, 3.63) is 69.3 Å². The molecule has 2 aromatic carbocycles. The van der Waals surface area contributed by atoms with Gasteiger partial charge in [-0.3, -0.25) is 19.8 Å². The van der Waals surface area contributed by atoms with Crippen LogP contribution >= 0.6 is 0 Å². The van der Waals surface area contributed by atoms with Crippen molar-refractivity contribution < 1.29 is 9.72 Å². The third-order valence-electron chi connectivity index (χ3n) is 5.78. The minimum absolute atomic E-state index is 0.125. The van der Waals surface area contributed by atoms with E-state index >= 15 is 0 Å². The number of benzene rings is 2. The van der Waals surface area contributed by atoms with Gasteiger partial charge < -0.3 is 10.2 Å². The van der Waals surface area contributed by atoms with Gasteiger partial charge in [-0.05, 0) is 42.5 Å². The number of hydrogen-bond donors (Lipinski definition) is 1. The van der Waals surface area contributed by atoms with Crippen molar-refractivity contribution in [2.75, 3.05) is 38.0 Å². The van der Waals surface area contributed by atoms with E-state index in [0.717, 1.165) is 51.1 Å². The molecule has 1 amide bonds. The molecule has 0 radical (unpaired) electrons. The first kappa shape index (κ1) is 19.4. The first-order valence-electron chi connectivity index (χ1n) is 10.2. The van der Waals surface area contributed by atoms with Gasteiger partial charge in [-0.2, -0.15) is 0 Å². The van der Waals surface area contributed by atoms with E-state index in [2.05, 4.69) is 34.5 Å². The number of rotatable bonds is 6. The maximum atomic E-state index is 12.7. The number of nitrogens with one attached hydrogen (secondary N) is 1. The number of nitrogens with zero attached hydrogens (tertiary/aromatic N) is 3.